The van der Waals surface area contributed by atoms with Gasteiger partial charge in [-0.1, -0.05) is 6.07 Å². The van der Waals surface area contributed by atoms with Crippen LogP contribution in [0.3, 0.4) is 0 Å². The molecule has 0 unspecified atom stereocenters. The van der Waals surface area contributed by atoms with Gasteiger partial charge in [-0.15, -0.1) is 0 Å². The molecule has 1 aromatic rings. The molecule has 4 nitrogen and oxygen atoms in total. The predicted octanol–water partition coefficient (Wildman–Crippen LogP) is 1.15. The van der Waals surface area contributed by atoms with Crippen molar-refractivity contribution in [2.75, 3.05) is 34.5 Å². The molecule has 1 fully saturated rings. The van der Waals surface area contributed by atoms with Crippen LogP contribution >= 0.6 is 0 Å². The number of rotatable bonds is 4. The summed E-state index contributed by atoms with van der Waals surface area (Å²) in [6, 6.07) is 5.96. The normalized spacial score (nSPS) is 17.7. The van der Waals surface area contributed by atoms with Gasteiger partial charge < -0.3 is 19.5 Å². The Morgan fingerprint density at radius 3 is 2.31 bits per heavy atom. The lowest BCUT2D eigenvalue weighted by Crippen LogP contribution is -2.56. The van der Waals surface area contributed by atoms with Gasteiger partial charge in [0, 0.05) is 0 Å². The van der Waals surface area contributed by atoms with Crippen molar-refractivity contribution in [1.29, 1.82) is 0 Å². The van der Waals surface area contributed by atoms with E-state index in [0.29, 0.717) is 13.2 Å². The molecule has 0 atom stereocenters. The number of methoxy groups -OCH3 is 2. The minimum atomic E-state index is -0.0699. The second-order valence-electron chi connectivity index (χ2n) is 3.89. The molecule has 0 aromatic heterocycles. The highest BCUT2D eigenvalue weighted by molar-refractivity contribution is 5.45. The maximum absolute atomic E-state index is 5.29. The summed E-state index contributed by atoms with van der Waals surface area (Å²) in [6.45, 7) is 1.39. The van der Waals surface area contributed by atoms with E-state index >= 15 is 0 Å². The Balaban J connectivity index is 2.35. The first-order valence-corrected chi connectivity index (χ1v) is 5.25. The Hall–Kier alpha value is -1.26. The van der Waals surface area contributed by atoms with Crippen LogP contribution in [0.2, 0.25) is 0 Å². The third kappa shape index (κ3) is 1.64. The van der Waals surface area contributed by atoms with Gasteiger partial charge in [0.2, 0.25) is 0 Å². The second-order valence-corrected chi connectivity index (χ2v) is 3.89. The van der Waals surface area contributed by atoms with Gasteiger partial charge in [-0.25, -0.2) is 0 Å². The fourth-order valence-corrected chi connectivity index (χ4v) is 1.90. The maximum atomic E-state index is 5.29. The minimum absolute atomic E-state index is 0.0699. The van der Waals surface area contributed by atoms with Crippen molar-refractivity contribution in [3.05, 3.63) is 23.8 Å². The molecule has 16 heavy (non-hydrogen) atoms. The average molecular weight is 223 g/mol. The van der Waals surface area contributed by atoms with Crippen molar-refractivity contribution < 1.29 is 14.2 Å². The number of hydrogen-bond donors (Lipinski definition) is 1. The zero-order valence-corrected chi connectivity index (χ0v) is 9.87. The van der Waals surface area contributed by atoms with E-state index in [9.17, 15) is 0 Å². The molecule has 1 N–H and O–H groups in total. The molecule has 1 heterocycles. The van der Waals surface area contributed by atoms with Gasteiger partial charge in [-0.2, -0.15) is 0 Å². The molecule has 88 valence electrons. The number of ether oxygens (including phenoxy) is 3. The predicted molar refractivity (Wildman–Crippen MR) is 61.1 cm³/mol. The molecule has 0 saturated carbocycles. The van der Waals surface area contributed by atoms with Crippen molar-refractivity contribution in [2.45, 2.75) is 5.54 Å². The summed E-state index contributed by atoms with van der Waals surface area (Å²) in [5, 5.41) is 3.30. The van der Waals surface area contributed by atoms with E-state index in [0.717, 1.165) is 11.5 Å². The van der Waals surface area contributed by atoms with Crippen LogP contribution in [-0.4, -0.2) is 34.5 Å². The third-order valence-corrected chi connectivity index (χ3v) is 3.11. The largest absolute Gasteiger partial charge is 0.493 e. The van der Waals surface area contributed by atoms with Crippen LogP contribution in [0, 0.1) is 0 Å². The Morgan fingerprint density at radius 1 is 1.19 bits per heavy atom. The zero-order chi connectivity index (χ0) is 11.6. The van der Waals surface area contributed by atoms with Gasteiger partial charge in [-0.3, -0.25) is 0 Å². The Morgan fingerprint density at radius 2 is 1.88 bits per heavy atom. The minimum Gasteiger partial charge on any atom is -0.493 e. The van der Waals surface area contributed by atoms with Crippen molar-refractivity contribution >= 4 is 0 Å². The summed E-state index contributed by atoms with van der Waals surface area (Å²) < 4.78 is 15.8. The summed E-state index contributed by atoms with van der Waals surface area (Å²) in [4.78, 5) is 0. The molecule has 0 radical (unpaired) electrons. The number of likely N-dealkylation sites (N-methyl/N-ethyl adjacent to an activating group) is 1. The first-order chi connectivity index (χ1) is 7.75. The van der Waals surface area contributed by atoms with Crippen molar-refractivity contribution in [3.8, 4) is 11.5 Å². The number of hydrogen-bond acceptors (Lipinski definition) is 4. The van der Waals surface area contributed by atoms with Crippen LogP contribution in [-0.2, 0) is 10.3 Å². The number of nitrogens with one attached hydrogen (secondary N) is 1. The maximum Gasteiger partial charge on any atom is 0.161 e. The fraction of sp³-hybridized carbons (Fsp3) is 0.500. The Labute approximate surface area is 95.5 Å². The molecule has 1 aliphatic heterocycles. The molecule has 0 spiro atoms. The highest BCUT2D eigenvalue weighted by Gasteiger charge is 2.39. The van der Waals surface area contributed by atoms with Crippen LogP contribution in [0.4, 0.5) is 0 Å². The smallest absolute Gasteiger partial charge is 0.161 e. The van der Waals surface area contributed by atoms with E-state index in [1.165, 1.54) is 5.56 Å². The molecule has 1 aliphatic rings. The highest BCUT2D eigenvalue weighted by atomic mass is 16.5. The summed E-state index contributed by atoms with van der Waals surface area (Å²) >= 11 is 0. The van der Waals surface area contributed by atoms with E-state index in [2.05, 4.69) is 5.32 Å². The van der Waals surface area contributed by atoms with E-state index in [-0.39, 0.29) is 5.54 Å². The van der Waals surface area contributed by atoms with Crippen molar-refractivity contribution in [2.24, 2.45) is 0 Å². The SMILES string of the molecule is CNC1(c2ccc(OC)c(OC)c2)COC1. The first-order valence-electron chi connectivity index (χ1n) is 5.25. The van der Waals surface area contributed by atoms with Gasteiger partial charge in [0.15, 0.2) is 11.5 Å². The molecule has 0 aliphatic carbocycles. The van der Waals surface area contributed by atoms with Crippen LogP contribution in [0.15, 0.2) is 18.2 Å². The van der Waals surface area contributed by atoms with Crippen molar-refractivity contribution in [3.63, 3.8) is 0 Å². The second kappa shape index (κ2) is 4.31. The molecule has 1 saturated heterocycles. The lowest BCUT2D eigenvalue weighted by Gasteiger charge is -2.41. The van der Waals surface area contributed by atoms with E-state index in [4.69, 9.17) is 14.2 Å². The Bertz CT molecular complexity index is 369. The van der Waals surface area contributed by atoms with Crippen molar-refractivity contribution in [1.82, 2.24) is 5.32 Å². The summed E-state index contributed by atoms with van der Waals surface area (Å²) in [5.41, 5.74) is 1.10. The van der Waals surface area contributed by atoms with Crippen LogP contribution in [0.25, 0.3) is 0 Å². The average Bonchev–Trinajstić information content (AvgIpc) is 2.28. The quantitative estimate of drug-likeness (QED) is 0.831. The molecular weight excluding hydrogens is 206 g/mol. The fourth-order valence-electron chi connectivity index (χ4n) is 1.90. The molecule has 2 rings (SSSR count). The van der Waals surface area contributed by atoms with Gasteiger partial charge >= 0.3 is 0 Å². The molecular formula is C12H17NO3. The molecule has 4 heteroatoms. The van der Waals surface area contributed by atoms with Crippen LogP contribution in [0.1, 0.15) is 5.56 Å². The standard InChI is InChI=1S/C12H17NO3/c1-13-12(7-16-8-12)9-4-5-10(14-2)11(6-9)15-3/h4-6,13H,7-8H2,1-3H3. The van der Waals surface area contributed by atoms with E-state index < -0.39 is 0 Å². The first kappa shape index (κ1) is 11.2. The van der Waals surface area contributed by atoms with Gasteiger partial charge in [0.1, 0.15) is 0 Å². The molecule has 0 bridgehead atoms. The van der Waals surface area contributed by atoms with Crippen LogP contribution in [0.5, 0.6) is 11.5 Å². The van der Waals surface area contributed by atoms with Gasteiger partial charge in [-0.05, 0) is 24.7 Å². The summed E-state index contributed by atoms with van der Waals surface area (Å²) in [6.07, 6.45) is 0. The lowest BCUT2D eigenvalue weighted by molar-refractivity contribution is -0.0748. The Kier molecular flexibility index (Phi) is 3.03. The summed E-state index contributed by atoms with van der Waals surface area (Å²) in [5.74, 6) is 1.50. The zero-order valence-electron chi connectivity index (χ0n) is 9.87. The number of benzene rings is 1. The highest BCUT2D eigenvalue weighted by Crippen LogP contribution is 2.35. The topological polar surface area (TPSA) is 39.7 Å². The molecule has 0 amide bonds. The van der Waals surface area contributed by atoms with Crippen LogP contribution < -0.4 is 14.8 Å². The monoisotopic (exact) mass is 223 g/mol. The lowest BCUT2D eigenvalue weighted by atomic mass is 9.88. The summed E-state index contributed by atoms with van der Waals surface area (Å²) in [7, 11) is 5.22. The molecule has 1 aromatic carbocycles. The van der Waals surface area contributed by atoms with E-state index in [1.54, 1.807) is 14.2 Å². The van der Waals surface area contributed by atoms with E-state index in [1.807, 2.05) is 25.2 Å². The van der Waals surface area contributed by atoms with Gasteiger partial charge in [0.25, 0.3) is 0 Å². The van der Waals surface area contributed by atoms with Gasteiger partial charge in [0.05, 0.1) is 33.0 Å². The third-order valence-electron chi connectivity index (χ3n) is 3.11.